The number of carbonyl (C=O) groups is 1. The number of aliphatic imine (C=N–C) groups is 1. The Labute approximate surface area is 158 Å². The standard InChI is InChI=1S/C18H13ClN2O6/c1-25-15-6-3-10(8-16(15)26-2)7-14-18(22)27-17(20-14)12-9-11(21(23)24)4-5-13(12)19/h3-9H,1-2H3/b14-7+. The Morgan fingerprint density at radius 3 is 2.56 bits per heavy atom. The molecule has 0 amide bonds. The van der Waals surface area contributed by atoms with Gasteiger partial charge in [-0.25, -0.2) is 9.79 Å². The molecule has 0 aliphatic carbocycles. The van der Waals surface area contributed by atoms with Crippen molar-refractivity contribution in [2.75, 3.05) is 14.2 Å². The highest BCUT2D eigenvalue weighted by Crippen LogP contribution is 2.30. The van der Waals surface area contributed by atoms with Crippen molar-refractivity contribution < 1.29 is 23.9 Å². The molecule has 8 nitrogen and oxygen atoms in total. The molecule has 1 heterocycles. The first kappa shape index (κ1) is 18.4. The summed E-state index contributed by atoms with van der Waals surface area (Å²) in [5.74, 6) is 0.244. The smallest absolute Gasteiger partial charge is 0.363 e. The van der Waals surface area contributed by atoms with Crippen LogP contribution in [-0.4, -0.2) is 31.0 Å². The Hall–Kier alpha value is -3.39. The predicted octanol–water partition coefficient (Wildman–Crippen LogP) is 3.61. The third-order valence-electron chi connectivity index (χ3n) is 3.72. The molecule has 0 fully saturated rings. The summed E-state index contributed by atoms with van der Waals surface area (Å²) in [6.07, 6.45) is 1.50. The van der Waals surface area contributed by atoms with Gasteiger partial charge in [-0.1, -0.05) is 17.7 Å². The molecule has 2 aromatic carbocycles. The fraction of sp³-hybridized carbons (Fsp3) is 0.111. The largest absolute Gasteiger partial charge is 0.493 e. The number of cyclic esters (lactones) is 1. The molecule has 2 aromatic rings. The molecule has 9 heteroatoms. The number of hydrogen-bond acceptors (Lipinski definition) is 7. The third-order valence-corrected chi connectivity index (χ3v) is 4.05. The summed E-state index contributed by atoms with van der Waals surface area (Å²) < 4.78 is 15.5. The van der Waals surface area contributed by atoms with Crippen molar-refractivity contribution in [2.24, 2.45) is 4.99 Å². The van der Waals surface area contributed by atoms with Crippen LogP contribution in [0.4, 0.5) is 5.69 Å². The van der Waals surface area contributed by atoms with Crippen LogP contribution in [-0.2, 0) is 9.53 Å². The normalized spacial score (nSPS) is 14.7. The minimum atomic E-state index is -0.692. The first-order valence-electron chi connectivity index (χ1n) is 7.62. The van der Waals surface area contributed by atoms with E-state index in [0.29, 0.717) is 17.1 Å². The lowest BCUT2D eigenvalue weighted by molar-refractivity contribution is -0.384. The van der Waals surface area contributed by atoms with Gasteiger partial charge in [0.25, 0.3) is 5.69 Å². The second-order valence-corrected chi connectivity index (χ2v) is 5.78. The summed E-state index contributed by atoms with van der Waals surface area (Å²) in [6, 6.07) is 8.88. The average Bonchev–Trinajstić information content (AvgIpc) is 3.02. The second-order valence-electron chi connectivity index (χ2n) is 5.37. The van der Waals surface area contributed by atoms with Gasteiger partial charge in [0.1, 0.15) is 0 Å². The van der Waals surface area contributed by atoms with Crippen molar-refractivity contribution in [2.45, 2.75) is 0 Å². The number of non-ortho nitro benzene ring substituents is 1. The Balaban J connectivity index is 1.99. The molecule has 27 heavy (non-hydrogen) atoms. The number of nitro benzene ring substituents is 1. The summed E-state index contributed by atoms with van der Waals surface area (Å²) in [5, 5.41) is 11.1. The van der Waals surface area contributed by atoms with Crippen LogP contribution in [0.15, 0.2) is 47.1 Å². The van der Waals surface area contributed by atoms with Crippen molar-refractivity contribution >= 4 is 35.2 Å². The fourth-order valence-corrected chi connectivity index (χ4v) is 2.61. The second kappa shape index (κ2) is 7.46. The molecule has 1 aliphatic rings. The molecule has 138 valence electrons. The monoisotopic (exact) mass is 388 g/mol. The summed E-state index contributed by atoms with van der Waals surface area (Å²) in [4.78, 5) is 26.6. The first-order chi connectivity index (χ1) is 12.9. The van der Waals surface area contributed by atoms with E-state index < -0.39 is 10.9 Å². The lowest BCUT2D eigenvalue weighted by atomic mass is 10.1. The molecule has 0 saturated carbocycles. The van der Waals surface area contributed by atoms with Crippen molar-refractivity contribution in [3.8, 4) is 11.5 Å². The summed E-state index contributed by atoms with van der Waals surface area (Å²) in [7, 11) is 3.02. The van der Waals surface area contributed by atoms with Gasteiger partial charge in [-0.05, 0) is 29.8 Å². The minimum absolute atomic E-state index is 0.0276. The lowest BCUT2D eigenvalue weighted by Crippen LogP contribution is -2.06. The van der Waals surface area contributed by atoms with Crippen LogP contribution in [0, 0.1) is 10.1 Å². The number of methoxy groups -OCH3 is 2. The summed E-state index contributed by atoms with van der Waals surface area (Å²) in [6.45, 7) is 0. The van der Waals surface area contributed by atoms with Crippen LogP contribution in [0.3, 0.4) is 0 Å². The van der Waals surface area contributed by atoms with E-state index in [2.05, 4.69) is 4.99 Å². The van der Waals surface area contributed by atoms with Gasteiger partial charge < -0.3 is 14.2 Å². The molecule has 0 radical (unpaired) electrons. The number of hydrogen-bond donors (Lipinski definition) is 0. The van der Waals surface area contributed by atoms with Crippen molar-refractivity contribution in [1.29, 1.82) is 0 Å². The number of rotatable bonds is 5. The van der Waals surface area contributed by atoms with Gasteiger partial charge >= 0.3 is 5.97 Å². The van der Waals surface area contributed by atoms with Crippen LogP contribution in [0.25, 0.3) is 6.08 Å². The number of nitrogens with zero attached hydrogens (tertiary/aromatic N) is 2. The minimum Gasteiger partial charge on any atom is -0.493 e. The summed E-state index contributed by atoms with van der Waals surface area (Å²) in [5.41, 5.74) is 0.634. The van der Waals surface area contributed by atoms with Gasteiger partial charge in [0, 0.05) is 12.1 Å². The van der Waals surface area contributed by atoms with Gasteiger partial charge in [-0.2, -0.15) is 0 Å². The highest BCUT2D eigenvalue weighted by atomic mass is 35.5. The molecule has 0 aromatic heterocycles. The van der Waals surface area contributed by atoms with E-state index in [4.69, 9.17) is 25.8 Å². The summed E-state index contributed by atoms with van der Waals surface area (Å²) >= 11 is 6.06. The molecule has 0 N–H and O–H groups in total. The molecular weight excluding hydrogens is 376 g/mol. The molecule has 3 rings (SSSR count). The quantitative estimate of drug-likeness (QED) is 0.335. The van der Waals surface area contributed by atoms with Crippen molar-refractivity contribution in [3.63, 3.8) is 0 Å². The molecular formula is C18H13ClN2O6. The predicted molar refractivity (Wildman–Crippen MR) is 98.3 cm³/mol. The number of benzene rings is 2. The Kier molecular flexibility index (Phi) is 5.09. The molecule has 1 aliphatic heterocycles. The van der Waals surface area contributed by atoms with Crippen LogP contribution in [0.2, 0.25) is 5.02 Å². The van der Waals surface area contributed by atoms with Gasteiger partial charge in [0.05, 0.1) is 29.7 Å². The van der Waals surface area contributed by atoms with E-state index in [1.165, 1.54) is 38.5 Å². The topological polar surface area (TPSA) is 100 Å². The number of halogens is 1. The van der Waals surface area contributed by atoms with Crippen molar-refractivity contribution in [1.82, 2.24) is 0 Å². The average molecular weight is 389 g/mol. The van der Waals surface area contributed by atoms with Gasteiger partial charge in [-0.3, -0.25) is 10.1 Å². The zero-order valence-corrected chi connectivity index (χ0v) is 15.0. The maximum Gasteiger partial charge on any atom is 0.363 e. The highest BCUT2D eigenvalue weighted by molar-refractivity contribution is 6.34. The van der Waals surface area contributed by atoms with E-state index in [9.17, 15) is 14.9 Å². The zero-order valence-electron chi connectivity index (χ0n) is 14.3. The van der Waals surface area contributed by atoms with E-state index in [-0.39, 0.29) is 27.9 Å². The highest BCUT2D eigenvalue weighted by Gasteiger charge is 2.27. The van der Waals surface area contributed by atoms with E-state index in [0.717, 1.165) is 0 Å². The van der Waals surface area contributed by atoms with Crippen LogP contribution < -0.4 is 9.47 Å². The zero-order chi connectivity index (χ0) is 19.6. The maximum atomic E-state index is 12.1. The Morgan fingerprint density at radius 1 is 1.15 bits per heavy atom. The first-order valence-corrected chi connectivity index (χ1v) is 7.99. The van der Waals surface area contributed by atoms with Crippen LogP contribution >= 0.6 is 11.6 Å². The van der Waals surface area contributed by atoms with Gasteiger partial charge in [0.15, 0.2) is 17.2 Å². The van der Waals surface area contributed by atoms with Crippen molar-refractivity contribution in [3.05, 3.63) is 68.4 Å². The Morgan fingerprint density at radius 2 is 1.89 bits per heavy atom. The van der Waals surface area contributed by atoms with E-state index in [1.807, 2.05) is 0 Å². The van der Waals surface area contributed by atoms with E-state index in [1.54, 1.807) is 18.2 Å². The maximum absolute atomic E-state index is 12.1. The molecule has 0 spiro atoms. The Bertz CT molecular complexity index is 999. The molecule has 0 unspecified atom stereocenters. The molecule has 0 atom stereocenters. The number of carbonyl (C=O) groups excluding carboxylic acids is 1. The number of esters is 1. The lowest BCUT2D eigenvalue weighted by Gasteiger charge is -2.07. The van der Waals surface area contributed by atoms with Crippen LogP contribution in [0.1, 0.15) is 11.1 Å². The molecule has 0 bridgehead atoms. The van der Waals surface area contributed by atoms with E-state index >= 15 is 0 Å². The van der Waals surface area contributed by atoms with Crippen LogP contribution in [0.5, 0.6) is 11.5 Å². The van der Waals surface area contributed by atoms with Gasteiger partial charge in [0.2, 0.25) is 5.90 Å². The SMILES string of the molecule is COc1ccc(/C=C2/N=C(c3cc([N+](=O)[O-])ccc3Cl)OC2=O)cc1OC. The number of ether oxygens (including phenoxy) is 3. The third kappa shape index (κ3) is 3.75. The fourth-order valence-electron chi connectivity index (χ4n) is 2.42. The molecule has 0 saturated heterocycles. The van der Waals surface area contributed by atoms with Gasteiger partial charge in [-0.15, -0.1) is 0 Å². The number of nitro groups is 1.